The monoisotopic (exact) mass is 497 g/mol. The molecule has 2 heterocycles. The van der Waals surface area contributed by atoms with Crippen LogP contribution in [0.3, 0.4) is 0 Å². The Hall–Kier alpha value is -3.31. The topological polar surface area (TPSA) is 146 Å². The highest BCUT2D eigenvalue weighted by Gasteiger charge is 2.45. The number of hydroxylamine groups is 2. The summed E-state index contributed by atoms with van der Waals surface area (Å²) in [6, 6.07) is 7.01. The van der Waals surface area contributed by atoms with Gasteiger partial charge in [-0.2, -0.15) is 10.0 Å². The summed E-state index contributed by atoms with van der Waals surface area (Å²) in [7, 11) is 0. The standard InChI is InChI=1S/C25H35N7O4/c1-24(2)13-19(14-25(3,4)32(24)36)28-22(33)16-9-11-18(12-10-16)29-23-26-15-20(31(34)35)21(30-23)27-17-7-5-6-8-17/h9-12,15,17,19,36H,5-8,13-14H2,1-4H3,(H,28,33)(H2,26,27,29,30). The summed E-state index contributed by atoms with van der Waals surface area (Å²) in [5.74, 6) is 0.262. The van der Waals surface area contributed by atoms with Crippen LogP contribution in [-0.2, 0) is 0 Å². The lowest BCUT2D eigenvalue weighted by Gasteiger charge is -2.51. The molecule has 1 aromatic carbocycles. The van der Waals surface area contributed by atoms with Crippen LogP contribution in [0, 0.1) is 10.1 Å². The van der Waals surface area contributed by atoms with Crippen LogP contribution < -0.4 is 16.0 Å². The van der Waals surface area contributed by atoms with E-state index in [0.717, 1.165) is 25.7 Å². The van der Waals surface area contributed by atoms with Crippen molar-refractivity contribution in [1.29, 1.82) is 0 Å². The third-order valence-corrected chi connectivity index (χ3v) is 7.04. The number of aromatic nitrogens is 2. The van der Waals surface area contributed by atoms with Crippen molar-refractivity contribution in [2.75, 3.05) is 10.6 Å². The first-order valence-electron chi connectivity index (χ1n) is 12.4. The zero-order valence-corrected chi connectivity index (χ0v) is 21.2. The molecule has 1 aliphatic heterocycles. The highest BCUT2D eigenvalue weighted by Crippen LogP contribution is 2.36. The summed E-state index contributed by atoms with van der Waals surface area (Å²) in [5.41, 5.74) is 0.102. The third kappa shape index (κ3) is 5.73. The van der Waals surface area contributed by atoms with E-state index in [9.17, 15) is 20.1 Å². The van der Waals surface area contributed by atoms with E-state index >= 15 is 0 Å². The molecule has 11 nitrogen and oxygen atoms in total. The molecule has 11 heteroatoms. The molecule has 0 unspecified atom stereocenters. The summed E-state index contributed by atoms with van der Waals surface area (Å²) in [5, 5.41) is 32.6. The molecule has 1 aliphatic carbocycles. The average Bonchev–Trinajstić information content (AvgIpc) is 3.30. The van der Waals surface area contributed by atoms with Crippen LogP contribution in [-0.4, -0.2) is 54.2 Å². The lowest BCUT2D eigenvalue weighted by Crippen LogP contribution is -2.62. The molecule has 2 fully saturated rings. The smallest absolute Gasteiger partial charge is 0.329 e. The van der Waals surface area contributed by atoms with E-state index in [1.54, 1.807) is 24.3 Å². The number of amides is 1. The molecule has 0 spiro atoms. The summed E-state index contributed by atoms with van der Waals surface area (Å²) in [4.78, 5) is 32.2. The molecule has 4 N–H and O–H groups in total. The van der Waals surface area contributed by atoms with Crippen LogP contribution in [0.5, 0.6) is 0 Å². The first-order valence-corrected chi connectivity index (χ1v) is 12.4. The minimum Gasteiger partial charge on any atom is -0.361 e. The number of carbonyl (C=O) groups excluding carboxylic acids is 1. The van der Waals surface area contributed by atoms with Crippen LogP contribution in [0.2, 0.25) is 0 Å². The second-order valence-corrected chi connectivity index (χ2v) is 11.0. The van der Waals surface area contributed by atoms with Gasteiger partial charge in [-0.15, -0.1) is 0 Å². The van der Waals surface area contributed by atoms with Gasteiger partial charge in [0.2, 0.25) is 11.8 Å². The number of nitrogens with one attached hydrogen (secondary N) is 3. The number of nitro groups is 1. The number of benzene rings is 1. The highest BCUT2D eigenvalue weighted by atomic mass is 16.6. The van der Waals surface area contributed by atoms with E-state index < -0.39 is 16.0 Å². The SMILES string of the molecule is CC1(C)CC(NC(=O)c2ccc(Nc3ncc([N+](=O)[O-])c(NC4CCCC4)n3)cc2)CC(C)(C)N1O. The Morgan fingerprint density at radius 3 is 2.28 bits per heavy atom. The van der Waals surface area contributed by atoms with Crippen molar-refractivity contribution >= 4 is 29.0 Å². The van der Waals surface area contributed by atoms with Crippen molar-refractivity contribution in [1.82, 2.24) is 20.3 Å². The van der Waals surface area contributed by atoms with E-state index in [-0.39, 0.29) is 35.4 Å². The highest BCUT2D eigenvalue weighted by molar-refractivity contribution is 5.94. The fourth-order valence-corrected chi connectivity index (χ4v) is 5.41. The predicted octanol–water partition coefficient (Wildman–Crippen LogP) is 4.62. The molecule has 36 heavy (non-hydrogen) atoms. The van der Waals surface area contributed by atoms with Gasteiger partial charge in [0.15, 0.2) is 0 Å². The van der Waals surface area contributed by atoms with Crippen molar-refractivity contribution in [3.63, 3.8) is 0 Å². The number of hydrogen-bond acceptors (Lipinski definition) is 9. The Morgan fingerprint density at radius 1 is 1.08 bits per heavy atom. The van der Waals surface area contributed by atoms with Crippen molar-refractivity contribution < 1.29 is 14.9 Å². The van der Waals surface area contributed by atoms with Crippen LogP contribution in [0.1, 0.15) is 76.6 Å². The van der Waals surface area contributed by atoms with Gasteiger partial charge in [0.1, 0.15) is 6.20 Å². The quantitative estimate of drug-likeness (QED) is 0.318. The van der Waals surface area contributed by atoms with Gasteiger partial charge in [0, 0.05) is 34.4 Å². The maximum Gasteiger partial charge on any atom is 0.329 e. The average molecular weight is 498 g/mol. The molecular formula is C25H35N7O4. The van der Waals surface area contributed by atoms with Crippen LogP contribution in [0.25, 0.3) is 0 Å². The van der Waals surface area contributed by atoms with Gasteiger partial charge in [-0.25, -0.2) is 4.98 Å². The number of nitrogens with zero attached hydrogens (tertiary/aromatic N) is 4. The first kappa shape index (κ1) is 25.8. The van der Waals surface area contributed by atoms with Crippen molar-refractivity contribution in [3.05, 3.63) is 46.1 Å². The summed E-state index contributed by atoms with van der Waals surface area (Å²) in [6.45, 7) is 7.84. The molecule has 0 atom stereocenters. The molecule has 4 rings (SSSR count). The summed E-state index contributed by atoms with van der Waals surface area (Å²) in [6.07, 6.45) is 6.58. The minimum atomic E-state index is -0.485. The van der Waals surface area contributed by atoms with E-state index in [0.29, 0.717) is 24.1 Å². The van der Waals surface area contributed by atoms with Gasteiger partial charge in [-0.1, -0.05) is 12.8 Å². The maximum absolute atomic E-state index is 12.9. The Balaban J connectivity index is 1.42. The molecule has 2 aliphatic rings. The number of rotatable bonds is 7. The Bertz CT molecular complexity index is 1100. The Kier molecular flexibility index (Phi) is 7.14. The minimum absolute atomic E-state index is 0.0667. The van der Waals surface area contributed by atoms with E-state index in [4.69, 9.17) is 0 Å². The lowest BCUT2D eigenvalue weighted by atomic mass is 9.79. The molecule has 0 radical (unpaired) electrons. The van der Waals surface area contributed by atoms with Gasteiger partial charge in [-0.3, -0.25) is 14.9 Å². The van der Waals surface area contributed by atoms with Gasteiger partial charge < -0.3 is 21.2 Å². The van der Waals surface area contributed by atoms with Gasteiger partial charge in [-0.05, 0) is 77.6 Å². The van der Waals surface area contributed by atoms with Gasteiger partial charge in [0.25, 0.3) is 5.91 Å². The Morgan fingerprint density at radius 2 is 1.69 bits per heavy atom. The predicted molar refractivity (Wildman–Crippen MR) is 137 cm³/mol. The molecule has 194 valence electrons. The number of piperidine rings is 1. The van der Waals surface area contributed by atoms with E-state index in [1.807, 2.05) is 27.7 Å². The molecule has 1 saturated heterocycles. The zero-order chi connectivity index (χ0) is 26.1. The summed E-state index contributed by atoms with van der Waals surface area (Å²) < 4.78 is 0. The van der Waals surface area contributed by atoms with Gasteiger partial charge >= 0.3 is 5.69 Å². The van der Waals surface area contributed by atoms with Gasteiger partial charge in [0.05, 0.1) is 4.92 Å². The van der Waals surface area contributed by atoms with Crippen molar-refractivity contribution in [2.45, 2.75) is 89.4 Å². The van der Waals surface area contributed by atoms with Crippen LogP contribution in [0.4, 0.5) is 23.1 Å². The van der Waals surface area contributed by atoms with E-state index in [1.165, 1.54) is 11.3 Å². The Labute approximate surface area is 210 Å². The fraction of sp³-hybridized carbons (Fsp3) is 0.560. The molecule has 1 amide bonds. The van der Waals surface area contributed by atoms with Crippen LogP contribution >= 0.6 is 0 Å². The summed E-state index contributed by atoms with van der Waals surface area (Å²) >= 11 is 0. The van der Waals surface area contributed by atoms with Crippen molar-refractivity contribution in [3.8, 4) is 0 Å². The molecule has 1 saturated carbocycles. The number of anilines is 3. The lowest BCUT2D eigenvalue weighted by molar-refractivity contribution is -0.384. The van der Waals surface area contributed by atoms with Crippen molar-refractivity contribution in [2.24, 2.45) is 0 Å². The molecule has 1 aromatic heterocycles. The maximum atomic E-state index is 12.9. The third-order valence-electron chi connectivity index (χ3n) is 7.04. The second kappa shape index (κ2) is 9.98. The number of hydrogen-bond donors (Lipinski definition) is 4. The number of carbonyl (C=O) groups is 1. The zero-order valence-electron chi connectivity index (χ0n) is 21.2. The largest absolute Gasteiger partial charge is 0.361 e. The first-order chi connectivity index (χ1) is 16.9. The molecule has 2 aromatic rings. The van der Waals surface area contributed by atoms with E-state index in [2.05, 4.69) is 25.9 Å². The normalized spacial score (nSPS) is 20.1. The second-order valence-electron chi connectivity index (χ2n) is 11.0. The molecule has 0 bridgehead atoms. The van der Waals surface area contributed by atoms with Crippen LogP contribution in [0.15, 0.2) is 30.5 Å². The molecular weight excluding hydrogens is 462 g/mol. The fourth-order valence-electron chi connectivity index (χ4n) is 5.41.